The molecule has 1 unspecified atom stereocenters. The van der Waals surface area contributed by atoms with Crippen LogP contribution in [0.3, 0.4) is 0 Å². The normalized spacial score (nSPS) is 19.3. The first kappa shape index (κ1) is 20.7. The monoisotopic (exact) mass is 397 g/mol. The Kier molecular flexibility index (Phi) is 5.82. The Balaban J connectivity index is 1.78. The number of hydrogen-bond donors (Lipinski definition) is 0. The molecule has 0 spiro atoms. The number of rotatable bonds is 4. The molecule has 1 saturated heterocycles. The van der Waals surface area contributed by atoms with Gasteiger partial charge in [-0.05, 0) is 62.4 Å². The molecule has 1 aliphatic heterocycles. The number of ether oxygens (including phenoxy) is 1. The van der Waals surface area contributed by atoms with Crippen LogP contribution in [0.1, 0.15) is 32.8 Å². The number of carbonyl (C=O) groups excluding carboxylic acids is 3. The van der Waals surface area contributed by atoms with Crippen LogP contribution in [0.25, 0.3) is 11.1 Å². The van der Waals surface area contributed by atoms with Gasteiger partial charge in [0.15, 0.2) is 0 Å². The van der Waals surface area contributed by atoms with Crippen LogP contribution in [-0.2, 0) is 20.7 Å². The second-order valence-electron chi connectivity index (χ2n) is 8.23. The van der Waals surface area contributed by atoms with Crippen molar-refractivity contribution in [1.82, 2.24) is 4.90 Å². The van der Waals surface area contributed by atoms with Crippen LogP contribution in [0.5, 0.6) is 0 Å². The Morgan fingerprint density at radius 1 is 1.17 bits per heavy atom. The van der Waals surface area contributed by atoms with Gasteiger partial charge in [0.25, 0.3) is 0 Å². The van der Waals surface area contributed by atoms with E-state index < -0.39 is 29.6 Å². The van der Waals surface area contributed by atoms with Gasteiger partial charge in [-0.3, -0.25) is 4.79 Å². The fourth-order valence-corrected chi connectivity index (χ4v) is 3.47. The lowest BCUT2D eigenvalue weighted by atomic mass is 9.98. The largest absolute Gasteiger partial charge is 0.443 e. The lowest BCUT2D eigenvalue weighted by Crippen LogP contribution is -2.43. The average Bonchev–Trinajstić information content (AvgIpc) is 2.96. The predicted molar refractivity (Wildman–Crippen MR) is 107 cm³/mol. The van der Waals surface area contributed by atoms with Gasteiger partial charge in [-0.15, -0.1) is 0 Å². The van der Waals surface area contributed by atoms with E-state index in [4.69, 9.17) is 4.74 Å². The van der Waals surface area contributed by atoms with E-state index in [0.717, 1.165) is 21.6 Å². The molecule has 2 amide bonds. The van der Waals surface area contributed by atoms with Crippen molar-refractivity contribution in [3.05, 3.63) is 59.9 Å². The van der Waals surface area contributed by atoms with Gasteiger partial charge >= 0.3 is 6.09 Å². The summed E-state index contributed by atoms with van der Waals surface area (Å²) in [4.78, 5) is 37.4. The van der Waals surface area contributed by atoms with Crippen LogP contribution >= 0.6 is 0 Å². The number of carbonyl (C=O) groups is 3. The van der Waals surface area contributed by atoms with Crippen molar-refractivity contribution in [1.29, 1.82) is 0 Å². The molecule has 1 aliphatic rings. The van der Waals surface area contributed by atoms with Crippen molar-refractivity contribution in [3.63, 3.8) is 0 Å². The molecule has 2 aromatic carbocycles. The van der Waals surface area contributed by atoms with Crippen LogP contribution < -0.4 is 0 Å². The van der Waals surface area contributed by atoms with Crippen LogP contribution in [0.2, 0.25) is 0 Å². The number of hydrogen-bond acceptors (Lipinski definition) is 4. The van der Waals surface area contributed by atoms with E-state index >= 15 is 0 Å². The SMILES string of the molecule is CC(C)(C)OC(=O)N1C(=O)C(C=O)C[C@H]1Cc1ccc(-c2cccc(F)c2)cc1. The lowest BCUT2D eigenvalue weighted by Gasteiger charge is -2.27. The summed E-state index contributed by atoms with van der Waals surface area (Å²) < 4.78 is 18.8. The maximum absolute atomic E-state index is 13.4. The predicted octanol–water partition coefficient (Wildman–Crippen LogP) is 4.39. The molecule has 0 bridgehead atoms. The number of amides is 2. The highest BCUT2D eigenvalue weighted by molar-refractivity contribution is 6.02. The van der Waals surface area contributed by atoms with Crippen LogP contribution in [-0.4, -0.2) is 34.8 Å². The zero-order valence-corrected chi connectivity index (χ0v) is 16.7. The fourth-order valence-electron chi connectivity index (χ4n) is 3.47. The number of imide groups is 1. The van der Waals surface area contributed by atoms with Gasteiger partial charge in [-0.25, -0.2) is 14.1 Å². The van der Waals surface area contributed by atoms with E-state index in [-0.39, 0.29) is 12.2 Å². The highest BCUT2D eigenvalue weighted by Crippen LogP contribution is 2.29. The molecule has 0 radical (unpaired) electrons. The molecule has 29 heavy (non-hydrogen) atoms. The van der Waals surface area contributed by atoms with Crippen LogP contribution in [0.4, 0.5) is 9.18 Å². The van der Waals surface area contributed by atoms with E-state index in [1.807, 2.05) is 30.3 Å². The third kappa shape index (κ3) is 4.88. The van der Waals surface area contributed by atoms with E-state index in [2.05, 4.69) is 0 Å². The van der Waals surface area contributed by atoms with Gasteiger partial charge in [0, 0.05) is 6.04 Å². The molecule has 1 fully saturated rings. The molecule has 0 aromatic heterocycles. The molecule has 0 aliphatic carbocycles. The molecular formula is C23H24FNO4. The summed E-state index contributed by atoms with van der Waals surface area (Å²) >= 11 is 0. The molecule has 6 heteroatoms. The first-order chi connectivity index (χ1) is 13.7. The number of halogens is 1. The molecule has 1 heterocycles. The third-order valence-corrected chi connectivity index (χ3v) is 4.78. The van der Waals surface area contributed by atoms with E-state index in [9.17, 15) is 18.8 Å². The Bertz CT molecular complexity index is 917. The molecule has 5 nitrogen and oxygen atoms in total. The van der Waals surface area contributed by atoms with Gasteiger partial charge in [0.05, 0.1) is 5.92 Å². The zero-order valence-electron chi connectivity index (χ0n) is 16.7. The van der Waals surface area contributed by atoms with E-state index in [0.29, 0.717) is 12.7 Å². The van der Waals surface area contributed by atoms with Gasteiger partial charge in [0.1, 0.15) is 17.7 Å². The van der Waals surface area contributed by atoms with Crippen molar-refractivity contribution in [2.24, 2.45) is 5.92 Å². The Labute approximate surface area is 169 Å². The van der Waals surface area contributed by atoms with Crippen molar-refractivity contribution in [2.45, 2.75) is 45.3 Å². The minimum atomic E-state index is -0.834. The number of benzene rings is 2. The summed E-state index contributed by atoms with van der Waals surface area (Å²) in [6, 6.07) is 13.4. The van der Waals surface area contributed by atoms with Gasteiger partial charge in [-0.2, -0.15) is 0 Å². The standard InChI is InChI=1S/C23H24FNO4/c1-23(2,3)29-22(28)25-20(13-18(14-26)21(25)27)11-15-7-9-16(10-8-15)17-5-4-6-19(24)12-17/h4-10,12,14,18,20H,11,13H2,1-3H3/t18?,20-/m1/s1. The Morgan fingerprint density at radius 2 is 1.86 bits per heavy atom. The maximum atomic E-state index is 13.4. The van der Waals surface area contributed by atoms with E-state index in [1.54, 1.807) is 26.8 Å². The third-order valence-electron chi connectivity index (χ3n) is 4.78. The molecule has 0 saturated carbocycles. The smallest absolute Gasteiger partial charge is 0.417 e. The van der Waals surface area contributed by atoms with Crippen molar-refractivity contribution in [2.75, 3.05) is 0 Å². The summed E-state index contributed by atoms with van der Waals surface area (Å²) in [5.41, 5.74) is 1.80. The first-order valence-corrected chi connectivity index (χ1v) is 9.54. The van der Waals surface area contributed by atoms with Gasteiger partial charge in [-0.1, -0.05) is 36.4 Å². The lowest BCUT2D eigenvalue weighted by molar-refractivity contribution is -0.133. The number of likely N-dealkylation sites (tertiary alicyclic amines) is 1. The summed E-state index contributed by atoms with van der Waals surface area (Å²) in [6.45, 7) is 5.18. The molecule has 0 N–H and O–H groups in total. The van der Waals surface area contributed by atoms with Gasteiger partial charge < -0.3 is 9.53 Å². The summed E-state index contributed by atoms with van der Waals surface area (Å²) in [5, 5.41) is 0. The van der Waals surface area contributed by atoms with Crippen LogP contribution in [0, 0.1) is 11.7 Å². The average molecular weight is 397 g/mol. The molecule has 152 valence electrons. The summed E-state index contributed by atoms with van der Waals surface area (Å²) in [6.07, 6.45) is 0.548. The van der Waals surface area contributed by atoms with Crippen molar-refractivity contribution < 1.29 is 23.5 Å². The number of nitrogens with zero attached hydrogens (tertiary/aromatic N) is 1. The number of aldehydes is 1. The van der Waals surface area contributed by atoms with Crippen molar-refractivity contribution >= 4 is 18.3 Å². The summed E-state index contributed by atoms with van der Waals surface area (Å²) in [7, 11) is 0. The molecule has 2 aromatic rings. The zero-order chi connectivity index (χ0) is 21.2. The second-order valence-corrected chi connectivity index (χ2v) is 8.23. The minimum absolute atomic E-state index is 0.271. The topological polar surface area (TPSA) is 63.7 Å². The first-order valence-electron chi connectivity index (χ1n) is 9.54. The molecular weight excluding hydrogens is 373 g/mol. The minimum Gasteiger partial charge on any atom is -0.443 e. The Morgan fingerprint density at radius 3 is 2.45 bits per heavy atom. The quantitative estimate of drug-likeness (QED) is 0.567. The highest BCUT2D eigenvalue weighted by Gasteiger charge is 2.44. The van der Waals surface area contributed by atoms with Gasteiger partial charge in [0.2, 0.25) is 5.91 Å². The summed E-state index contributed by atoms with van der Waals surface area (Å²) in [5.74, 6) is -1.65. The molecule has 2 atom stereocenters. The maximum Gasteiger partial charge on any atom is 0.417 e. The van der Waals surface area contributed by atoms with Crippen LogP contribution in [0.15, 0.2) is 48.5 Å². The van der Waals surface area contributed by atoms with E-state index in [1.165, 1.54) is 12.1 Å². The second kappa shape index (κ2) is 8.15. The fraction of sp³-hybridized carbons (Fsp3) is 0.348. The molecule has 3 rings (SSSR count). The van der Waals surface area contributed by atoms with Crippen molar-refractivity contribution in [3.8, 4) is 11.1 Å². The Hall–Kier alpha value is -3.02. The highest BCUT2D eigenvalue weighted by atomic mass is 19.1.